The number of halogens is 1. The number of nitrogens with one attached hydrogen (secondary N) is 2. The van der Waals surface area contributed by atoms with Crippen LogP contribution in [0.1, 0.15) is 23.1 Å². The van der Waals surface area contributed by atoms with Gasteiger partial charge in [-0.3, -0.25) is 4.99 Å². The van der Waals surface area contributed by atoms with Gasteiger partial charge in [-0.25, -0.2) is 0 Å². The van der Waals surface area contributed by atoms with E-state index in [4.69, 9.17) is 14.2 Å². The van der Waals surface area contributed by atoms with Gasteiger partial charge in [-0.2, -0.15) is 0 Å². The van der Waals surface area contributed by atoms with Crippen molar-refractivity contribution in [2.45, 2.75) is 26.4 Å². The molecule has 0 radical (unpaired) electrons. The van der Waals surface area contributed by atoms with Crippen LogP contribution in [0.25, 0.3) is 0 Å². The van der Waals surface area contributed by atoms with Crippen LogP contribution in [0.5, 0.6) is 11.5 Å². The molecule has 3 rings (SSSR count). The standard InChI is InChI=1S/C23H31N3O3.HI/c1-17-7-8-20(22(11-17)29-16-19-9-10-28-15-19)14-26-23(24-2)25-13-18-5-4-6-21(12-18)27-3;/h4-8,11-12,19H,9-10,13-16H2,1-3H3,(H2,24,25,26);1H. The topological polar surface area (TPSA) is 64.1 Å². The first kappa shape index (κ1) is 24.3. The SMILES string of the molecule is CN=C(NCc1cccc(OC)c1)NCc1ccc(C)cc1OCC1CCOC1.I. The molecule has 0 spiro atoms. The molecule has 2 N–H and O–H groups in total. The zero-order valence-electron chi connectivity index (χ0n) is 17.9. The Morgan fingerprint density at radius 2 is 2.00 bits per heavy atom. The molecule has 0 saturated carbocycles. The lowest BCUT2D eigenvalue weighted by atomic mass is 10.1. The molecule has 1 unspecified atom stereocenters. The Hall–Kier alpha value is -2.00. The third-order valence-corrected chi connectivity index (χ3v) is 4.99. The summed E-state index contributed by atoms with van der Waals surface area (Å²) in [7, 11) is 3.45. The fourth-order valence-electron chi connectivity index (χ4n) is 3.23. The fourth-order valence-corrected chi connectivity index (χ4v) is 3.23. The lowest BCUT2D eigenvalue weighted by Gasteiger charge is -2.17. The molecule has 1 aliphatic heterocycles. The first-order valence-corrected chi connectivity index (χ1v) is 10.1. The van der Waals surface area contributed by atoms with Gasteiger partial charge in [0.2, 0.25) is 0 Å². The van der Waals surface area contributed by atoms with E-state index in [1.165, 1.54) is 5.56 Å². The van der Waals surface area contributed by atoms with Crippen LogP contribution in [-0.4, -0.2) is 39.9 Å². The molecule has 1 atom stereocenters. The van der Waals surface area contributed by atoms with Crippen molar-refractivity contribution in [2.75, 3.05) is 34.0 Å². The van der Waals surface area contributed by atoms with Crippen LogP contribution < -0.4 is 20.1 Å². The molecule has 7 heteroatoms. The Morgan fingerprint density at radius 1 is 1.17 bits per heavy atom. The molecule has 1 fully saturated rings. The number of benzene rings is 2. The molecule has 30 heavy (non-hydrogen) atoms. The van der Waals surface area contributed by atoms with Gasteiger partial charge in [0.05, 0.1) is 20.3 Å². The van der Waals surface area contributed by atoms with Gasteiger partial charge in [0.15, 0.2) is 5.96 Å². The second-order valence-electron chi connectivity index (χ2n) is 7.28. The third kappa shape index (κ3) is 7.36. The summed E-state index contributed by atoms with van der Waals surface area (Å²) in [4.78, 5) is 4.32. The Balaban J connectivity index is 0.00000320. The maximum atomic E-state index is 6.13. The highest BCUT2D eigenvalue weighted by atomic mass is 127. The monoisotopic (exact) mass is 525 g/mol. The van der Waals surface area contributed by atoms with Crippen molar-refractivity contribution in [3.63, 3.8) is 0 Å². The molecule has 0 bridgehead atoms. The highest BCUT2D eigenvalue weighted by Crippen LogP contribution is 2.22. The van der Waals surface area contributed by atoms with E-state index in [-0.39, 0.29) is 24.0 Å². The van der Waals surface area contributed by atoms with Crippen LogP contribution in [0, 0.1) is 12.8 Å². The number of aliphatic imine (C=N–C) groups is 1. The lowest BCUT2D eigenvalue weighted by Crippen LogP contribution is -2.36. The van der Waals surface area contributed by atoms with Crippen LogP contribution in [0.2, 0.25) is 0 Å². The van der Waals surface area contributed by atoms with Gasteiger partial charge in [0.1, 0.15) is 11.5 Å². The molecule has 1 heterocycles. The number of hydrogen-bond donors (Lipinski definition) is 2. The van der Waals surface area contributed by atoms with E-state index in [1.54, 1.807) is 14.2 Å². The summed E-state index contributed by atoms with van der Waals surface area (Å²) in [6.07, 6.45) is 1.07. The summed E-state index contributed by atoms with van der Waals surface area (Å²) in [6.45, 7) is 5.70. The highest BCUT2D eigenvalue weighted by molar-refractivity contribution is 14.0. The van der Waals surface area contributed by atoms with Crippen molar-refractivity contribution in [2.24, 2.45) is 10.9 Å². The van der Waals surface area contributed by atoms with Crippen molar-refractivity contribution < 1.29 is 14.2 Å². The zero-order valence-corrected chi connectivity index (χ0v) is 20.3. The minimum atomic E-state index is 0. The van der Waals surface area contributed by atoms with E-state index in [0.29, 0.717) is 25.6 Å². The minimum absolute atomic E-state index is 0. The smallest absolute Gasteiger partial charge is 0.191 e. The van der Waals surface area contributed by atoms with Gasteiger partial charge in [-0.1, -0.05) is 24.3 Å². The molecule has 164 valence electrons. The molecule has 1 aliphatic rings. The Kier molecular flexibility index (Phi) is 10.2. The first-order valence-electron chi connectivity index (χ1n) is 10.1. The first-order chi connectivity index (χ1) is 14.2. The Bertz CT molecular complexity index is 823. The molecule has 2 aromatic carbocycles. The van der Waals surface area contributed by atoms with Crippen LogP contribution in [0.15, 0.2) is 47.5 Å². The molecule has 0 amide bonds. The van der Waals surface area contributed by atoms with Crippen molar-refractivity contribution in [1.82, 2.24) is 10.6 Å². The van der Waals surface area contributed by atoms with Crippen LogP contribution in [0.3, 0.4) is 0 Å². The molecular weight excluding hydrogens is 493 g/mol. The summed E-state index contributed by atoms with van der Waals surface area (Å²) in [5, 5.41) is 6.72. The highest BCUT2D eigenvalue weighted by Gasteiger charge is 2.17. The maximum absolute atomic E-state index is 6.13. The number of nitrogens with zero attached hydrogens (tertiary/aromatic N) is 1. The van der Waals surface area contributed by atoms with Gasteiger partial charge in [-0.15, -0.1) is 24.0 Å². The third-order valence-electron chi connectivity index (χ3n) is 4.99. The maximum Gasteiger partial charge on any atom is 0.191 e. The number of aryl methyl sites for hydroxylation is 1. The van der Waals surface area contributed by atoms with Gasteiger partial charge >= 0.3 is 0 Å². The fraction of sp³-hybridized carbons (Fsp3) is 0.435. The van der Waals surface area contributed by atoms with Crippen LogP contribution in [0.4, 0.5) is 0 Å². The summed E-state index contributed by atoms with van der Waals surface area (Å²) >= 11 is 0. The zero-order chi connectivity index (χ0) is 20.5. The van der Waals surface area contributed by atoms with E-state index in [1.807, 2.05) is 18.2 Å². The van der Waals surface area contributed by atoms with Crippen LogP contribution >= 0.6 is 24.0 Å². The largest absolute Gasteiger partial charge is 0.497 e. The van der Waals surface area contributed by atoms with Crippen molar-refractivity contribution in [3.05, 3.63) is 59.2 Å². The van der Waals surface area contributed by atoms with E-state index in [0.717, 1.165) is 48.2 Å². The van der Waals surface area contributed by atoms with Crippen molar-refractivity contribution in [1.29, 1.82) is 0 Å². The molecule has 0 aromatic heterocycles. The predicted molar refractivity (Wildman–Crippen MR) is 131 cm³/mol. The second kappa shape index (κ2) is 12.6. The Labute approximate surface area is 196 Å². The predicted octanol–water partition coefficient (Wildman–Crippen LogP) is 3.90. The van der Waals surface area contributed by atoms with E-state index < -0.39 is 0 Å². The normalized spacial score (nSPS) is 16.0. The number of guanidine groups is 1. The van der Waals surface area contributed by atoms with Gasteiger partial charge < -0.3 is 24.8 Å². The average molecular weight is 525 g/mol. The lowest BCUT2D eigenvalue weighted by molar-refractivity contribution is 0.166. The summed E-state index contributed by atoms with van der Waals surface area (Å²) in [5.41, 5.74) is 3.43. The van der Waals surface area contributed by atoms with E-state index in [9.17, 15) is 0 Å². The molecule has 2 aromatic rings. The molecule has 0 aliphatic carbocycles. The molecular formula is C23H32IN3O3. The second-order valence-corrected chi connectivity index (χ2v) is 7.28. The number of hydrogen-bond acceptors (Lipinski definition) is 4. The van der Waals surface area contributed by atoms with Gasteiger partial charge in [0.25, 0.3) is 0 Å². The number of rotatable bonds is 8. The molecule has 6 nitrogen and oxygen atoms in total. The minimum Gasteiger partial charge on any atom is -0.497 e. The Morgan fingerprint density at radius 3 is 2.73 bits per heavy atom. The summed E-state index contributed by atoms with van der Waals surface area (Å²) in [5.74, 6) is 2.99. The van der Waals surface area contributed by atoms with Gasteiger partial charge in [-0.05, 0) is 42.7 Å². The quantitative estimate of drug-likeness (QED) is 0.311. The van der Waals surface area contributed by atoms with Crippen molar-refractivity contribution in [3.8, 4) is 11.5 Å². The van der Waals surface area contributed by atoms with E-state index in [2.05, 4.69) is 46.8 Å². The van der Waals surface area contributed by atoms with Crippen LogP contribution in [-0.2, 0) is 17.8 Å². The number of methoxy groups -OCH3 is 1. The van der Waals surface area contributed by atoms with Gasteiger partial charge in [0, 0.05) is 38.2 Å². The van der Waals surface area contributed by atoms with E-state index >= 15 is 0 Å². The van der Waals surface area contributed by atoms with Crippen molar-refractivity contribution >= 4 is 29.9 Å². The average Bonchev–Trinajstić information content (AvgIpc) is 3.27. The summed E-state index contributed by atoms with van der Waals surface area (Å²) in [6, 6.07) is 14.3. The molecule has 1 saturated heterocycles. The number of ether oxygens (including phenoxy) is 3. The summed E-state index contributed by atoms with van der Waals surface area (Å²) < 4.78 is 16.9.